The Hall–Kier alpha value is -15.4. The predicted molar refractivity (Wildman–Crippen MR) is 393 cm³/mol. The van der Waals surface area contributed by atoms with Gasteiger partial charge in [-0.05, 0) is 127 Å². The number of halogens is 25. The summed E-state index contributed by atoms with van der Waals surface area (Å²) in [4.78, 5) is 42.5. The Kier molecular flexibility index (Phi) is 26.9. The Morgan fingerprint density at radius 2 is 0.697 bits per heavy atom. The van der Waals surface area contributed by atoms with Gasteiger partial charge in [0.05, 0.1) is 59.0 Å². The normalized spacial score (nSPS) is 12.5. The van der Waals surface area contributed by atoms with Gasteiger partial charge < -0.3 is 40.0 Å². The van der Waals surface area contributed by atoms with E-state index in [9.17, 15) is 139 Å². The van der Waals surface area contributed by atoms with E-state index in [1.165, 1.54) is 79.3 Å². The molecule has 0 saturated carbocycles. The summed E-state index contributed by atoms with van der Waals surface area (Å²) in [5.41, 5.74) is 5.05. The zero-order valence-corrected chi connectivity index (χ0v) is 65.9. The number of rotatable bonds is 20. The van der Waals surface area contributed by atoms with Gasteiger partial charge in [-0.3, -0.25) is 23.9 Å². The number of carbonyl (C=O) groups excluding carboxylic acids is 1. The molecule has 15 aromatic rings. The number of nitrogens with zero attached hydrogens (tertiary/aromatic N) is 21. The second-order valence-electron chi connectivity index (χ2n) is 27.1. The van der Waals surface area contributed by atoms with Gasteiger partial charge in [0, 0.05) is 86.5 Å². The molecule has 15 rings (SSSR count). The highest BCUT2D eigenvalue weighted by atomic mass is 19.4. The number of carboxylic acid groups (broad SMARTS) is 2. The number of fused-ring (bicyclic) bond motifs is 5. The number of amides is 1. The van der Waals surface area contributed by atoms with Crippen LogP contribution in [0.1, 0.15) is 106 Å². The molecule has 58 heteroatoms. The van der Waals surface area contributed by atoms with Crippen LogP contribution in [-0.2, 0) is 47.6 Å². The van der Waals surface area contributed by atoms with E-state index in [1.807, 2.05) is 0 Å². The predicted octanol–water partition coefficient (Wildman–Crippen LogP) is 16.5. The minimum absolute atomic E-state index is 0.000147. The number of carbonyl (C=O) groups is 3. The molecule has 0 fully saturated rings. The van der Waals surface area contributed by atoms with E-state index in [4.69, 9.17) is 5.73 Å². The fourth-order valence-corrected chi connectivity index (χ4v) is 11.3. The van der Waals surface area contributed by atoms with Crippen molar-refractivity contribution in [3.8, 4) is 79.3 Å². The first-order chi connectivity index (χ1) is 61.1. The summed E-state index contributed by atoms with van der Waals surface area (Å²) in [6.45, 7) is 1.80. The molecule has 0 atom stereocenters. The number of aliphatic hydroxyl groups excluding tert-OH is 1. The average molecular weight is 1900 g/mol. The molecule has 0 radical (unpaired) electrons. The molecule has 11 heterocycles. The fourth-order valence-electron chi connectivity index (χ4n) is 11.3. The lowest BCUT2D eigenvalue weighted by atomic mass is 10.1. The van der Waals surface area contributed by atoms with Crippen LogP contribution in [-0.4, -0.2) is 169 Å². The third kappa shape index (κ3) is 24.3. The Bertz CT molecular complexity index is 6540. The molecule has 0 aliphatic heterocycles. The van der Waals surface area contributed by atoms with Gasteiger partial charge in [0.15, 0.2) is 28.2 Å². The van der Waals surface area contributed by atoms with Gasteiger partial charge in [0.25, 0.3) is 5.91 Å². The number of alkyl halides is 25. The molecular formula is C74H49F25N22O11. The summed E-state index contributed by atoms with van der Waals surface area (Å²) >= 11 is 0. The van der Waals surface area contributed by atoms with Crippen LogP contribution in [0, 0.1) is 0 Å². The summed E-state index contributed by atoms with van der Waals surface area (Å²) in [5, 5.41) is 78.4. The van der Waals surface area contributed by atoms with Crippen LogP contribution in [0.3, 0.4) is 0 Å². The molecule has 33 nitrogen and oxygen atoms in total. The number of aromatic carboxylic acids is 2. The Morgan fingerprint density at radius 3 is 1.07 bits per heavy atom. The molecular weight excluding hydrogens is 1850 g/mol. The molecule has 0 saturated heterocycles. The summed E-state index contributed by atoms with van der Waals surface area (Å²) < 4.78 is 341. The highest BCUT2D eigenvalue weighted by Gasteiger charge is 2.40. The number of nitrogens with two attached hydrogens (primary N) is 1. The van der Waals surface area contributed by atoms with Gasteiger partial charge in [0.1, 0.15) is 34.3 Å². The number of aliphatic hydroxyl groups is 1. The van der Waals surface area contributed by atoms with Crippen LogP contribution in [0.5, 0.6) is 23.0 Å². The summed E-state index contributed by atoms with van der Waals surface area (Å²) in [7, 11) is 0. The highest BCUT2D eigenvalue weighted by Crippen LogP contribution is 2.38. The van der Waals surface area contributed by atoms with Gasteiger partial charge in [-0.15, -0.1) is 117 Å². The zero-order chi connectivity index (χ0) is 97.3. The Morgan fingerprint density at radius 1 is 0.348 bits per heavy atom. The standard InChI is InChI=1S/C15H10F5N5O2.2C15H9F5N4O3.C15H11F5N4O2.C14H10F5N5O/c1-14(16,17)13-23-22-12-9(11(21)26)6-10(24-25(12)13)7-2-4-8(5-3-7)27-15(18,19)20;1-14(16,17)13-22-21-10-6-9(12(25)26)11(23-24(10)13)7-2-4-8(5-3-7)27-15(18,19)20;1-14(16,17)13-22-21-11-9(12(25)26)6-10(23-24(11)13)7-2-4-8(5-3-7)27-15(18,19)20;1-14(16,17)13-22-21-11-6-9(7-25)12(23-24(11)13)8-2-4-10(5-3-8)26-15(18,19)20;1-13(15,16)12-23-22-11-5-21-10(6-24(11)12)8-2-3-9(20-4-8)7-25-14(17,18)19/h2-6H,1H3,(H2,21,26);2*2-6H,1H3,(H,25,26);2-6,25H,7H2,1H3;2-6H,7H2,1H3. The maximum atomic E-state index is 13.7. The van der Waals surface area contributed by atoms with Crippen molar-refractivity contribution in [1.82, 2.24) is 104 Å². The molecule has 0 bridgehead atoms. The number of carboxylic acids is 2. The van der Waals surface area contributed by atoms with E-state index in [2.05, 4.69) is 105 Å². The first-order valence-electron chi connectivity index (χ1n) is 35.7. The number of ether oxygens (including phenoxy) is 5. The van der Waals surface area contributed by atoms with Crippen molar-refractivity contribution in [2.45, 2.75) is 109 Å². The van der Waals surface area contributed by atoms with Gasteiger partial charge in [-0.25, -0.2) is 9.59 Å². The monoisotopic (exact) mass is 1900 g/mol. The van der Waals surface area contributed by atoms with Crippen LogP contribution in [0.25, 0.3) is 84.5 Å². The first-order valence-corrected chi connectivity index (χ1v) is 35.7. The van der Waals surface area contributed by atoms with Crippen molar-refractivity contribution in [3.05, 3.63) is 209 Å². The number of pyridine rings is 1. The third-order valence-electron chi connectivity index (χ3n) is 16.8. The van der Waals surface area contributed by atoms with E-state index in [0.29, 0.717) is 59.3 Å². The second-order valence-corrected chi connectivity index (χ2v) is 27.1. The molecule has 132 heavy (non-hydrogen) atoms. The van der Waals surface area contributed by atoms with Crippen molar-refractivity contribution in [2.24, 2.45) is 5.73 Å². The quantitative estimate of drug-likeness (QED) is 0.0515. The summed E-state index contributed by atoms with van der Waals surface area (Å²) in [6, 6.07) is 24.9. The Labute approximate surface area is 714 Å². The van der Waals surface area contributed by atoms with Gasteiger partial charge >= 0.3 is 73.4 Å². The van der Waals surface area contributed by atoms with Crippen LogP contribution in [0.2, 0.25) is 0 Å². The lowest BCUT2D eigenvalue weighted by Crippen LogP contribution is -2.18. The lowest BCUT2D eigenvalue weighted by molar-refractivity contribution is -0.330. The van der Waals surface area contributed by atoms with Crippen molar-refractivity contribution < 1.29 is 163 Å². The molecule has 4 aromatic carbocycles. The van der Waals surface area contributed by atoms with Gasteiger partial charge in [-0.1, -0.05) is 0 Å². The molecule has 11 aromatic heterocycles. The maximum Gasteiger partial charge on any atom is 0.573 e. The summed E-state index contributed by atoms with van der Waals surface area (Å²) in [5.74, 6) is -26.3. The molecule has 0 aliphatic carbocycles. The molecule has 0 aliphatic rings. The van der Waals surface area contributed by atoms with Crippen LogP contribution in [0.15, 0.2) is 152 Å². The van der Waals surface area contributed by atoms with Crippen LogP contribution in [0.4, 0.5) is 110 Å². The van der Waals surface area contributed by atoms with Crippen molar-refractivity contribution in [2.75, 3.05) is 0 Å². The van der Waals surface area contributed by atoms with E-state index < -0.39 is 150 Å². The van der Waals surface area contributed by atoms with E-state index in [0.717, 1.165) is 81.7 Å². The highest BCUT2D eigenvalue weighted by molar-refractivity contribution is 5.99. The minimum Gasteiger partial charge on any atom is -0.478 e. The number of primary amides is 1. The number of hydrogen-bond donors (Lipinski definition) is 4. The van der Waals surface area contributed by atoms with Gasteiger partial charge in [-0.2, -0.15) is 82.4 Å². The lowest BCUT2D eigenvalue weighted by Gasteiger charge is -2.12. The number of aromatic nitrogens is 21. The van der Waals surface area contributed by atoms with E-state index in [1.54, 1.807) is 0 Å². The van der Waals surface area contributed by atoms with Crippen molar-refractivity contribution >= 4 is 46.1 Å². The van der Waals surface area contributed by atoms with Gasteiger partial charge in [0.2, 0.25) is 29.1 Å². The van der Waals surface area contributed by atoms with Crippen molar-refractivity contribution in [3.63, 3.8) is 0 Å². The van der Waals surface area contributed by atoms with E-state index in [-0.39, 0.29) is 95.8 Å². The molecule has 696 valence electrons. The first kappa shape index (κ1) is 97.2. The van der Waals surface area contributed by atoms with Crippen LogP contribution >= 0.6 is 0 Å². The second kappa shape index (κ2) is 36.6. The minimum atomic E-state index is -4.89. The molecule has 0 unspecified atom stereocenters. The van der Waals surface area contributed by atoms with Crippen molar-refractivity contribution in [1.29, 1.82) is 0 Å². The fraction of sp³-hybridized carbons (Fsp3) is 0.230. The van der Waals surface area contributed by atoms with Crippen LogP contribution < -0.4 is 24.7 Å². The SMILES string of the molecule is CC(F)(F)c1nnc2c(C(=O)O)cc(-c3ccc(OC(F)(F)F)cc3)nn12.CC(F)(F)c1nnc2c(C(N)=O)cc(-c3ccc(OC(F)(F)F)cc3)nn12.CC(F)(F)c1nnc2cc(C(=O)O)c(-c3ccc(OC(F)(F)F)cc3)nn12.CC(F)(F)c1nnc2cc(CO)c(-c3ccc(OC(F)(F)F)cc3)nn12.CC(F)(F)c1nnc2cnc(-c3ccc(COC(F)(F)F)nc3)cn12. The molecule has 5 N–H and O–H groups in total. The number of hydrogen-bond acceptors (Lipinski definition) is 25. The maximum absolute atomic E-state index is 13.7. The largest absolute Gasteiger partial charge is 0.573 e. The topological polar surface area (TPSA) is 412 Å². The molecule has 1 amide bonds. The molecule has 0 spiro atoms. The summed E-state index contributed by atoms with van der Waals surface area (Å²) in [6.07, 6.45) is -20.4. The van der Waals surface area contributed by atoms with E-state index >= 15 is 0 Å². The number of benzene rings is 4. The Balaban J connectivity index is 0.000000159. The smallest absolute Gasteiger partial charge is 0.478 e. The zero-order valence-electron chi connectivity index (χ0n) is 65.9. The average Bonchev–Trinajstić information content (AvgIpc) is 1.61. The third-order valence-corrected chi connectivity index (χ3v) is 16.8.